The predicted octanol–water partition coefficient (Wildman–Crippen LogP) is 1.76. The highest BCUT2D eigenvalue weighted by Crippen LogP contribution is 2.15. The van der Waals surface area contributed by atoms with E-state index in [1.807, 2.05) is 6.07 Å². The lowest BCUT2D eigenvalue weighted by molar-refractivity contribution is -0.139. The molecule has 2 aromatic rings. The van der Waals surface area contributed by atoms with Crippen molar-refractivity contribution >= 4 is 23.8 Å². The summed E-state index contributed by atoms with van der Waals surface area (Å²) in [6, 6.07) is 13.8. The van der Waals surface area contributed by atoms with Crippen molar-refractivity contribution in [3.63, 3.8) is 0 Å². The van der Waals surface area contributed by atoms with Gasteiger partial charge in [-0.3, -0.25) is 9.59 Å². The molecule has 0 fully saturated rings. The van der Waals surface area contributed by atoms with Gasteiger partial charge in [0.05, 0.1) is 18.6 Å². The average Bonchev–Trinajstić information content (AvgIpc) is 2.72. The van der Waals surface area contributed by atoms with Crippen LogP contribution in [-0.2, 0) is 25.5 Å². The van der Waals surface area contributed by atoms with E-state index in [0.717, 1.165) is 5.56 Å². The second-order valence-electron chi connectivity index (χ2n) is 6.45. The van der Waals surface area contributed by atoms with Gasteiger partial charge in [0.1, 0.15) is 11.8 Å². The van der Waals surface area contributed by atoms with Crippen LogP contribution in [0.4, 0.5) is 0 Å². The Balaban J connectivity index is 2.02. The van der Waals surface area contributed by atoms with Gasteiger partial charge in [0.15, 0.2) is 0 Å². The molecule has 2 amide bonds. The topological polar surface area (TPSA) is 125 Å². The maximum absolute atomic E-state index is 12.6. The Hall–Kier alpha value is -3.68. The third kappa shape index (κ3) is 7.38. The largest absolute Gasteiger partial charge is 0.462 e. The molecule has 2 rings (SSSR count). The molecule has 0 spiro atoms. The van der Waals surface area contributed by atoms with E-state index in [2.05, 4.69) is 5.32 Å². The fourth-order valence-corrected chi connectivity index (χ4v) is 2.62. The lowest BCUT2D eigenvalue weighted by Crippen LogP contribution is -2.44. The van der Waals surface area contributed by atoms with Crippen LogP contribution in [0.5, 0.6) is 5.75 Å². The highest BCUT2D eigenvalue weighted by Gasteiger charge is 2.24. The molecule has 30 heavy (non-hydrogen) atoms. The molecule has 0 saturated carbocycles. The quantitative estimate of drug-likeness (QED) is 0.453. The van der Waals surface area contributed by atoms with E-state index in [0.29, 0.717) is 5.56 Å². The van der Waals surface area contributed by atoms with Crippen LogP contribution >= 0.6 is 0 Å². The first-order valence-electron chi connectivity index (χ1n) is 9.49. The van der Waals surface area contributed by atoms with Crippen LogP contribution in [0.15, 0.2) is 54.6 Å². The Morgan fingerprint density at radius 3 is 2.27 bits per heavy atom. The van der Waals surface area contributed by atoms with Crippen LogP contribution in [0.2, 0.25) is 0 Å². The van der Waals surface area contributed by atoms with E-state index >= 15 is 0 Å². The second kappa shape index (κ2) is 11.4. The zero-order chi connectivity index (χ0) is 21.9. The van der Waals surface area contributed by atoms with E-state index in [-0.39, 0.29) is 37.5 Å². The van der Waals surface area contributed by atoms with Gasteiger partial charge in [0.2, 0.25) is 11.8 Å². The molecule has 0 aliphatic carbocycles. The maximum Gasteiger partial charge on any atom is 0.338 e. The van der Waals surface area contributed by atoms with Crippen LogP contribution in [0.25, 0.3) is 0 Å². The fraction of sp³-hybridized carbons (Fsp3) is 0.273. The van der Waals surface area contributed by atoms with Gasteiger partial charge in [-0.2, -0.15) is 0 Å². The molecule has 8 nitrogen and oxygen atoms in total. The molecular weight excluding hydrogens is 388 g/mol. The van der Waals surface area contributed by atoms with Crippen LogP contribution in [0.1, 0.15) is 35.7 Å². The molecule has 0 aromatic heterocycles. The summed E-state index contributed by atoms with van der Waals surface area (Å²) in [6.07, 6.45) is -0.00177. The van der Waals surface area contributed by atoms with Crippen molar-refractivity contribution in [2.24, 2.45) is 5.73 Å². The number of carbonyl (C=O) groups is 4. The van der Waals surface area contributed by atoms with Gasteiger partial charge in [-0.05, 0) is 43.2 Å². The number of ether oxygens (including phenoxy) is 2. The summed E-state index contributed by atoms with van der Waals surface area (Å²) in [7, 11) is 0. The summed E-state index contributed by atoms with van der Waals surface area (Å²) < 4.78 is 10.2. The molecule has 8 heteroatoms. The molecule has 0 aliphatic heterocycles. The van der Waals surface area contributed by atoms with E-state index < -0.39 is 23.9 Å². The van der Waals surface area contributed by atoms with Crippen LogP contribution in [0, 0.1) is 0 Å². The van der Waals surface area contributed by atoms with Gasteiger partial charge in [-0.1, -0.05) is 30.3 Å². The smallest absolute Gasteiger partial charge is 0.338 e. The Kier molecular flexibility index (Phi) is 8.56. The molecule has 3 N–H and O–H groups in total. The number of esters is 2. The van der Waals surface area contributed by atoms with Crippen molar-refractivity contribution in [3.8, 4) is 5.75 Å². The number of hydrogen-bond donors (Lipinski definition) is 2. The third-order valence-corrected chi connectivity index (χ3v) is 4.09. The van der Waals surface area contributed by atoms with Crippen LogP contribution < -0.4 is 15.8 Å². The molecule has 158 valence electrons. The maximum atomic E-state index is 12.6. The number of primary amides is 1. The number of carbonyl (C=O) groups excluding carboxylic acids is 4. The van der Waals surface area contributed by atoms with Crippen molar-refractivity contribution in [1.82, 2.24) is 5.32 Å². The molecule has 0 bridgehead atoms. The van der Waals surface area contributed by atoms with E-state index in [4.69, 9.17) is 15.2 Å². The lowest BCUT2D eigenvalue weighted by Gasteiger charge is -2.17. The molecular formula is C22H24N2O6. The van der Waals surface area contributed by atoms with Gasteiger partial charge < -0.3 is 20.5 Å². The lowest BCUT2D eigenvalue weighted by atomic mass is 10.1. The summed E-state index contributed by atoms with van der Waals surface area (Å²) in [5, 5.41) is 2.59. The minimum atomic E-state index is -1.04. The number of nitrogens with one attached hydrogen (secondary N) is 1. The molecule has 0 unspecified atom stereocenters. The predicted molar refractivity (Wildman–Crippen MR) is 109 cm³/mol. The van der Waals surface area contributed by atoms with Gasteiger partial charge in [0, 0.05) is 6.42 Å². The Bertz CT molecular complexity index is 880. The average molecular weight is 412 g/mol. The molecule has 2 aromatic carbocycles. The van der Waals surface area contributed by atoms with Crippen molar-refractivity contribution in [2.45, 2.75) is 32.2 Å². The summed E-state index contributed by atoms with van der Waals surface area (Å²) in [5.74, 6) is -2.01. The van der Waals surface area contributed by atoms with Crippen molar-refractivity contribution in [3.05, 3.63) is 65.7 Å². The molecule has 1 atom stereocenters. The summed E-state index contributed by atoms with van der Waals surface area (Å²) in [6.45, 7) is 1.95. The number of benzene rings is 2. The van der Waals surface area contributed by atoms with Gasteiger partial charge in [-0.15, -0.1) is 0 Å². The third-order valence-electron chi connectivity index (χ3n) is 4.09. The van der Waals surface area contributed by atoms with Crippen molar-refractivity contribution in [1.29, 1.82) is 0 Å². The van der Waals surface area contributed by atoms with Gasteiger partial charge in [0.25, 0.3) is 0 Å². The summed E-state index contributed by atoms with van der Waals surface area (Å²) >= 11 is 0. The van der Waals surface area contributed by atoms with Gasteiger partial charge in [-0.25, -0.2) is 9.59 Å². The second-order valence-corrected chi connectivity index (χ2v) is 6.45. The minimum Gasteiger partial charge on any atom is -0.462 e. The highest BCUT2D eigenvalue weighted by atomic mass is 16.5. The van der Waals surface area contributed by atoms with Crippen molar-refractivity contribution < 1.29 is 28.7 Å². The Morgan fingerprint density at radius 1 is 1.00 bits per heavy atom. The zero-order valence-electron chi connectivity index (χ0n) is 16.6. The van der Waals surface area contributed by atoms with E-state index in [9.17, 15) is 19.2 Å². The Labute approximate surface area is 174 Å². The number of rotatable bonds is 10. The number of hydrogen-bond acceptors (Lipinski definition) is 6. The minimum absolute atomic E-state index is 0.00953. The standard InChI is InChI=1S/C22H24N2O6/c1-2-29-21(27)16-8-10-17(11-9-16)30-22(28)18(12-13-19(23)25)24-20(26)14-15-6-4-3-5-7-15/h3-11,18H,2,12-14H2,1H3,(H2,23,25)(H,24,26)/t18-/m0/s1. The first-order valence-corrected chi connectivity index (χ1v) is 9.49. The number of nitrogens with two attached hydrogens (primary N) is 1. The van der Waals surface area contributed by atoms with E-state index in [1.54, 1.807) is 31.2 Å². The summed E-state index contributed by atoms with van der Waals surface area (Å²) in [5.41, 5.74) is 6.27. The van der Waals surface area contributed by atoms with Crippen molar-refractivity contribution in [2.75, 3.05) is 6.61 Å². The fourth-order valence-electron chi connectivity index (χ4n) is 2.62. The number of amides is 2. The first kappa shape index (κ1) is 22.6. The molecule has 0 saturated heterocycles. The molecule has 0 heterocycles. The van der Waals surface area contributed by atoms with Crippen LogP contribution in [-0.4, -0.2) is 36.4 Å². The molecule has 0 aliphatic rings. The highest BCUT2D eigenvalue weighted by molar-refractivity contribution is 5.90. The molecule has 0 radical (unpaired) electrons. The normalized spacial score (nSPS) is 11.2. The zero-order valence-corrected chi connectivity index (χ0v) is 16.6. The van der Waals surface area contributed by atoms with E-state index in [1.165, 1.54) is 24.3 Å². The monoisotopic (exact) mass is 412 g/mol. The van der Waals surface area contributed by atoms with Crippen LogP contribution in [0.3, 0.4) is 0 Å². The first-order chi connectivity index (χ1) is 14.4. The SMILES string of the molecule is CCOC(=O)c1ccc(OC(=O)[C@H](CCC(N)=O)NC(=O)Cc2ccccc2)cc1. The summed E-state index contributed by atoms with van der Waals surface area (Å²) in [4.78, 5) is 47.7. The Morgan fingerprint density at radius 2 is 1.67 bits per heavy atom. The van der Waals surface area contributed by atoms with Gasteiger partial charge >= 0.3 is 11.9 Å².